The number of carbonyl (C=O) groups is 4. The molecule has 5 fully saturated rings. The Morgan fingerprint density at radius 1 is 1.00 bits per heavy atom. The van der Waals surface area contributed by atoms with Crippen molar-refractivity contribution in [3.05, 3.63) is 0 Å². The monoisotopic (exact) mass is 634 g/mol. The van der Waals surface area contributed by atoms with Gasteiger partial charge in [0.25, 0.3) is 0 Å². The zero-order valence-electron chi connectivity index (χ0n) is 28.4. The summed E-state index contributed by atoms with van der Waals surface area (Å²) < 4.78 is 23.8. The summed E-state index contributed by atoms with van der Waals surface area (Å²) in [4.78, 5) is 48.8. The molecule has 13 atom stereocenters. The van der Waals surface area contributed by atoms with E-state index >= 15 is 0 Å². The lowest BCUT2D eigenvalue weighted by Gasteiger charge is -2.60. The molecule has 0 aromatic heterocycles. The Kier molecular flexibility index (Phi) is 8.83. The van der Waals surface area contributed by atoms with Crippen LogP contribution < -0.4 is 0 Å². The van der Waals surface area contributed by atoms with Crippen LogP contribution in [0.1, 0.15) is 107 Å². The Morgan fingerprint density at radius 2 is 1.67 bits per heavy atom. The van der Waals surface area contributed by atoms with Gasteiger partial charge in [0, 0.05) is 44.9 Å². The lowest BCUT2D eigenvalue weighted by atomic mass is 9.44. The molecule has 4 aliphatic carbocycles. The maximum atomic E-state index is 12.6. The normalized spacial score (nSPS) is 43.5. The Balaban J connectivity index is 1.51. The van der Waals surface area contributed by atoms with Crippen molar-refractivity contribution in [3.63, 3.8) is 0 Å². The van der Waals surface area contributed by atoms with Gasteiger partial charge in [-0.3, -0.25) is 19.2 Å². The molecule has 1 heterocycles. The van der Waals surface area contributed by atoms with Crippen molar-refractivity contribution in [2.75, 3.05) is 13.2 Å². The van der Waals surface area contributed by atoms with Crippen LogP contribution in [-0.4, -0.2) is 76.1 Å². The van der Waals surface area contributed by atoms with Crippen LogP contribution in [0.15, 0.2) is 0 Å². The van der Waals surface area contributed by atoms with Crippen molar-refractivity contribution >= 4 is 23.7 Å². The topological polar surface area (TPSA) is 149 Å². The average molecular weight is 635 g/mol. The van der Waals surface area contributed by atoms with E-state index in [1.807, 2.05) is 20.8 Å². The van der Waals surface area contributed by atoms with Crippen LogP contribution in [0.4, 0.5) is 0 Å². The van der Waals surface area contributed by atoms with Gasteiger partial charge in [-0.05, 0) is 87.4 Å². The molecule has 4 saturated carbocycles. The average Bonchev–Trinajstić information content (AvgIpc) is 3.53. The van der Waals surface area contributed by atoms with Crippen molar-refractivity contribution in [3.8, 4) is 0 Å². The second kappa shape index (κ2) is 11.6. The fraction of sp³-hybridized carbons (Fsp3) is 0.886. The molecule has 1 saturated heterocycles. The molecule has 0 radical (unpaired) electrons. The Morgan fingerprint density at radius 3 is 2.29 bits per heavy atom. The van der Waals surface area contributed by atoms with E-state index < -0.39 is 64.2 Å². The maximum Gasteiger partial charge on any atom is 0.303 e. The summed E-state index contributed by atoms with van der Waals surface area (Å²) in [5.41, 5.74) is -4.36. The molecular formula is C35H54O10. The molecule has 0 amide bonds. The molecule has 2 N–H and O–H groups in total. The van der Waals surface area contributed by atoms with Crippen molar-refractivity contribution in [2.24, 2.45) is 46.3 Å². The zero-order valence-corrected chi connectivity index (χ0v) is 28.4. The number of Topliss-reactive ketones (excluding diaryl/α,β-unsaturated/α-hetero) is 1. The second-order valence-corrected chi connectivity index (χ2v) is 15.9. The number of esters is 3. The number of aliphatic hydroxyl groups excluding tert-OH is 1. The summed E-state index contributed by atoms with van der Waals surface area (Å²) >= 11 is 0. The molecule has 5 rings (SSSR count). The first-order valence-electron chi connectivity index (χ1n) is 16.9. The highest BCUT2D eigenvalue weighted by Crippen LogP contribution is 2.77. The molecule has 1 unspecified atom stereocenters. The van der Waals surface area contributed by atoms with Gasteiger partial charge in [0.1, 0.15) is 36.3 Å². The van der Waals surface area contributed by atoms with Crippen molar-refractivity contribution in [1.29, 1.82) is 0 Å². The molecule has 0 bridgehead atoms. The minimum atomic E-state index is -1.43. The number of carbonyl (C=O) groups excluding carboxylic acids is 4. The van der Waals surface area contributed by atoms with E-state index in [-0.39, 0.29) is 30.5 Å². The van der Waals surface area contributed by atoms with Crippen LogP contribution in [0, 0.1) is 46.3 Å². The number of hydrogen-bond donors (Lipinski definition) is 2. The second-order valence-electron chi connectivity index (χ2n) is 15.9. The van der Waals surface area contributed by atoms with Gasteiger partial charge >= 0.3 is 17.9 Å². The van der Waals surface area contributed by atoms with Gasteiger partial charge in [0.05, 0.1) is 11.7 Å². The third kappa shape index (κ3) is 5.25. The number of ketones is 1. The standard InChI is InChI=1S/C35H54O10/c1-19(20(2)32(7,41)17-42-21(3)36)30(44-23(5)38)33(8)35(45-33)29(40)16-28-26-10-9-24-15-25(39)11-13-31(24,6)27(26)12-14-34(28,35)18-43-22(4)37/h19-20,24,26-30,40-41H,9-18H2,1-8H3/t19-,20-,24-,26+,27-,28-,29-,30+,31-,32?,33-,34+,35+/m0/s1. The smallest absolute Gasteiger partial charge is 0.303 e. The quantitative estimate of drug-likeness (QED) is 0.215. The largest absolute Gasteiger partial charge is 0.465 e. The van der Waals surface area contributed by atoms with Crippen LogP contribution in [0.25, 0.3) is 0 Å². The van der Waals surface area contributed by atoms with Crippen LogP contribution in [-0.2, 0) is 38.1 Å². The van der Waals surface area contributed by atoms with E-state index in [9.17, 15) is 29.4 Å². The number of epoxide rings is 1. The molecule has 10 heteroatoms. The SMILES string of the molecule is CC(=O)OCC(C)(O)[C@@H](C)[C@H](C)[C@@H](OC(C)=O)[C@]1(C)O[C@]12[C@@H](O)C[C@H]1[C@@H]3CC[C@H]4CC(=O)CC[C@]4(C)[C@H]3CC[C@@]12COC(C)=O. The highest BCUT2D eigenvalue weighted by molar-refractivity contribution is 5.79. The van der Waals surface area contributed by atoms with E-state index in [2.05, 4.69) is 6.92 Å². The van der Waals surface area contributed by atoms with Crippen LogP contribution >= 0.6 is 0 Å². The summed E-state index contributed by atoms with van der Waals surface area (Å²) in [5.74, 6) is -0.958. The highest BCUT2D eigenvalue weighted by Gasteiger charge is 2.88. The van der Waals surface area contributed by atoms with Gasteiger partial charge in [0.15, 0.2) is 0 Å². The third-order valence-electron chi connectivity index (χ3n) is 13.6. The molecule has 0 aromatic carbocycles. The summed E-state index contributed by atoms with van der Waals surface area (Å²) in [6, 6.07) is 0. The van der Waals surface area contributed by atoms with Gasteiger partial charge in [-0.15, -0.1) is 0 Å². The summed E-state index contributed by atoms with van der Waals surface area (Å²) in [6.45, 7) is 13.4. The van der Waals surface area contributed by atoms with Crippen LogP contribution in [0.5, 0.6) is 0 Å². The Hall–Kier alpha value is -2.04. The molecule has 1 aliphatic heterocycles. The van der Waals surface area contributed by atoms with Crippen LogP contribution in [0.3, 0.4) is 0 Å². The molecule has 45 heavy (non-hydrogen) atoms. The zero-order chi connectivity index (χ0) is 33.3. The number of fused-ring (bicyclic) bond motifs is 6. The predicted octanol–water partition coefficient (Wildman–Crippen LogP) is 4.16. The van der Waals surface area contributed by atoms with Crippen molar-refractivity contribution < 1.29 is 48.3 Å². The van der Waals surface area contributed by atoms with E-state index in [1.54, 1.807) is 6.92 Å². The number of ether oxygens (including phenoxy) is 4. The van der Waals surface area contributed by atoms with Gasteiger partial charge in [0.2, 0.25) is 0 Å². The molecule has 1 spiro atoms. The highest BCUT2D eigenvalue weighted by atomic mass is 16.7. The van der Waals surface area contributed by atoms with E-state index in [0.29, 0.717) is 43.3 Å². The molecule has 0 aromatic rings. The Bertz CT molecular complexity index is 1210. The molecule has 10 nitrogen and oxygen atoms in total. The van der Waals surface area contributed by atoms with Gasteiger partial charge < -0.3 is 29.2 Å². The first-order chi connectivity index (χ1) is 20.9. The summed E-state index contributed by atoms with van der Waals surface area (Å²) in [6.07, 6.45) is 4.37. The molecule has 254 valence electrons. The minimum Gasteiger partial charge on any atom is -0.465 e. The van der Waals surface area contributed by atoms with E-state index in [1.165, 1.54) is 20.8 Å². The number of hydrogen-bond acceptors (Lipinski definition) is 10. The maximum absolute atomic E-state index is 12.6. The first-order valence-corrected chi connectivity index (χ1v) is 16.9. The van der Waals surface area contributed by atoms with Crippen molar-refractivity contribution in [2.45, 2.75) is 136 Å². The first kappa shape index (κ1) is 34.3. The van der Waals surface area contributed by atoms with E-state index in [0.717, 1.165) is 25.7 Å². The lowest BCUT2D eigenvalue weighted by molar-refractivity contribution is -0.165. The van der Waals surface area contributed by atoms with Crippen LogP contribution in [0.2, 0.25) is 0 Å². The Labute approximate surface area is 267 Å². The summed E-state index contributed by atoms with van der Waals surface area (Å²) in [7, 11) is 0. The summed E-state index contributed by atoms with van der Waals surface area (Å²) in [5, 5.41) is 23.4. The molecular weight excluding hydrogens is 580 g/mol. The van der Waals surface area contributed by atoms with Crippen molar-refractivity contribution in [1.82, 2.24) is 0 Å². The number of rotatable bonds is 9. The fourth-order valence-corrected chi connectivity index (χ4v) is 11.1. The molecule has 5 aliphatic rings. The van der Waals surface area contributed by atoms with Gasteiger partial charge in [-0.1, -0.05) is 20.8 Å². The number of aliphatic hydroxyl groups is 2. The fourth-order valence-electron chi connectivity index (χ4n) is 11.1. The van der Waals surface area contributed by atoms with E-state index in [4.69, 9.17) is 18.9 Å². The van der Waals surface area contributed by atoms with Gasteiger partial charge in [-0.2, -0.15) is 0 Å². The predicted molar refractivity (Wildman–Crippen MR) is 162 cm³/mol. The minimum absolute atomic E-state index is 0.0145. The third-order valence-corrected chi connectivity index (χ3v) is 13.6. The van der Waals surface area contributed by atoms with Gasteiger partial charge in [-0.25, -0.2) is 0 Å². The lowest BCUT2D eigenvalue weighted by Crippen LogP contribution is -2.60.